The molecule has 0 radical (unpaired) electrons. The van der Waals surface area contributed by atoms with E-state index in [-0.39, 0.29) is 17.7 Å². The Morgan fingerprint density at radius 2 is 1.44 bits per heavy atom. The van der Waals surface area contributed by atoms with Gasteiger partial charge in [-0.1, -0.05) is 104 Å². The zero-order valence-corrected chi connectivity index (χ0v) is 23.6. The van der Waals surface area contributed by atoms with E-state index in [0.717, 1.165) is 0 Å². The van der Waals surface area contributed by atoms with E-state index in [1.165, 1.54) is 86.6 Å². The number of benzene rings is 5. The van der Waals surface area contributed by atoms with Crippen LogP contribution in [-0.4, -0.2) is 16.8 Å². The van der Waals surface area contributed by atoms with Gasteiger partial charge < -0.3 is 9.47 Å². The summed E-state index contributed by atoms with van der Waals surface area (Å²) >= 11 is 0. The highest BCUT2D eigenvalue weighted by molar-refractivity contribution is 7.01. The van der Waals surface area contributed by atoms with Gasteiger partial charge in [-0.3, -0.25) is 0 Å². The van der Waals surface area contributed by atoms with E-state index >= 15 is 0 Å². The zero-order valence-electron chi connectivity index (χ0n) is 23.6. The Labute approximate surface area is 241 Å². The zero-order chi connectivity index (χ0) is 27.1. The normalized spacial score (nSPS) is 23.1. The Hall–Kier alpha value is -4.24. The summed E-state index contributed by atoms with van der Waals surface area (Å²) in [7, 11) is 0. The van der Waals surface area contributed by atoms with E-state index in [1.54, 1.807) is 11.0 Å². The minimum Gasteiger partial charge on any atom is -0.335 e. The van der Waals surface area contributed by atoms with Crippen LogP contribution < -0.4 is 21.3 Å². The molecule has 2 unspecified atom stereocenters. The first kappa shape index (κ1) is 22.5. The second kappa shape index (κ2) is 7.34. The lowest BCUT2D eigenvalue weighted by molar-refractivity contribution is 0.195. The van der Waals surface area contributed by atoms with E-state index < -0.39 is 0 Å². The van der Waals surface area contributed by atoms with Crippen LogP contribution in [0.3, 0.4) is 0 Å². The topological polar surface area (TPSA) is 8.17 Å². The van der Waals surface area contributed by atoms with Crippen LogP contribution in [0.2, 0.25) is 0 Å². The Morgan fingerprint density at radius 3 is 2.34 bits per heavy atom. The first-order chi connectivity index (χ1) is 20.1. The van der Waals surface area contributed by atoms with Crippen molar-refractivity contribution in [3.05, 3.63) is 109 Å². The van der Waals surface area contributed by atoms with Gasteiger partial charge in [-0.25, -0.2) is 0 Å². The van der Waals surface area contributed by atoms with Crippen molar-refractivity contribution in [3.63, 3.8) is 0 Å². The minimum absolute atomic E-state index is 0.0501. The number of aromatic nitrogens is 1. The van der Waals surface area contributed by atoms with Crippen molar-refractivity contribution >= 4 is 56.3 Å². The Kier molecular flexibility index (Phi) is 4.02. The lowest BCUT2D eigenvalue weighted by atomic mass is 9.37. The van der Waals surface area contributed by atoms with Crippen LogP contribution in [0.1, 0.15) is 45.1 Å². The first-order valence-electron chi connectivity index (χ1n) is 15.3. The average Bonchev–Trinajstić information content (AvgIpc) is 3.59. The molecular formula is C38H31BN2. The SMILES string of the molecule is CC12CCCCC1(C)N1c3cc4c(cc3B3c5ccccc5-c5ccc2c1c53)c1ccccc1n4-c1ccccc1. The summed E-state index contributed by atoms with van der Waals surface area (Å²) in [6, 6.07) is 39.1. The third-order valence-electron chi connectivity index (χ3n) is 11.5. The van der Waals surface area contributed by atoms with Gasteiger partial charge in [0.05, 0.1) is 16.6 Å². The standard InChI is InChI=1S/C38H31BN2/c1-37-20-10-11-21-38(37,2)41-34-23-33-28(26-15-7-9-17-32(26)40(33)24-12-4-3-5-13-24)22-31(34)39-30-16-8-6-14-25(30)27-18-19-29(37)36(41)35(27)39/h3-9,12-19,22-23H,10-11,20-21H2,1-2H3. The lowest BCUT2D eigenvalue weighted by Crippen LogP contribution is -2.60. The van der Waals surface area contributed by atoms with Crippen LogP contribution in [0.15, 0.2) is 103 Å². The summed E-state index contributed by atoms with van der Waals surface area (Å²) in [5, 5.41) is 2.68. The molecule has 3 heteroatoms. The fraction of sp³-hybridized carbons (Fsp3) is 0.211. The third kappa shape index (κ3) is 2.46. The van der Waals surface area contributed by atoms with Crippen LogP contribution in [0.25, 0.3) is 38.6 Å². The molecule has 0 saturated heterocycles. The third-order valence-corrected chi connectivity index (χ3v) is 11.5. The summed E-state index contributed by atoms with van der Waals surface area (Å²) in [6.45, 7) is 5.42. The Balaban J connectivity index is 1.38. The van der Waals surface area contributed by atoms with E-state index in [4.69, 9.17) is 0 Å². The molecule has 0 amide bonds. The highest BCUT2D eigenvalue weighted by Gasteiger charge is 2.61. The fourth-order valence-electron chi connectivity index (χ4n) is 9.50. The molecule has 1 aromatic heterocycles. The highest BCUT2D eigenvalue weighted by Crippen LogP contribution is 2.62. The number of hydrogen-bond donors (Lipinski definition) is 0. The maximum absolute atomic E-state index is 2.84. The summed E-state index contributed by atoms with van der Waals surface area (Å²) in [6.07, 6.45) is 5.09. The van der Waals surface area contributed by atoms with Gasteiger partial charge in [-0.15, -0.1) is 0 Å². The molecular weight excluding hydrogens is 495 g/mol. The number of anilines is 2. The summed E-state index contributed by atoms with van der Waals surface area (Å²) in [4.78, 5) is 2.84. The van der Waals surface area contributed by atoms with Gasteiger partial charge in [0.1, 0.15) is 0 Å². The van der Waals surface area contributed by atoms with Crippen molar-refractivity contribution in [2.24, 2.45) is 0 Å². The quantitative estimate of drug-likeness (QED) is 0.203. The van der Waals surface area contributed by atoms with E-state index in [9.17, 15) is 0 Å². The molecule has 4 heterocycles. The molecule has 6 aromatic rings. The van der Waals surface area contributed by atoms with Gasteiger partial charge in [-0.2, -0.15) is 0 Å². The molecule has 41 heavy (non-hydrogen) atoms. The van der Waals surface area contributed by atoms with Gasteiger partial charge in [0.15, 0.2) is 0 Å². The van der Waals surface area contributed by atoms with Crippen LogP contribution >= 0.6 is 0 Å². The fourth-order valence-corrected chi connectivity index (χ4v) is 9.50. The molecule has 2 atom stereocenters. The number of nitrogens with zero attached hydrogens (tertiary/aromatic N) is 2. The van der Waals surface area contributed by atoms with Crippen LogP contribution in [-0.2, 0) is 5.41 Å². The number of hydrogen-bond acceptors (Lipinski definition) is 1. The van der Waals surface area contributed by atoms with E-state index in [0.29, 0.717) is 0 Å². The molecule has 0 N–H and O–H groups in total. The second-order valence-corrected chi connectivity index (χ2v) is 13.2. The van der Waals surface area contributed by atoms with Gasteiger partial charge in [0.2, 0.25) is 6.71 Å². The van der Waals surface area contributed by atoms with Gasteiger partial charge in [-0.05, 0) is 71.6 Å². The summed E-state index contributed by atoms with van der Waals surface area (Å²) < 4.78 is 2.48. The lowest BCUT2D eigenvalue weighted by Gasteiger charge is -2.51. The van der Waals surface area contributed by atoms with Crippen molar-refractivity contribution in [1.82, 2.24) is 4.57 Å². The first-order valence-corrected chi connectivity index (χ1v) is 15.3. The van der Waals surface area contributed by atoms with Gasteiger partial charge in [0, 0.05) is 33.2 Å². The van der Waals surface area contributed by atoms with Crippen molar-refractivity contribution in [3.8, 4) is 16.8 Å². The molecule has 1 fully saturated rings. The van der Waals surface area contributed by atoms with Gasteiger partial charge in [0.25, 0.3) is 0 Å². The molecule has 0 bridgehead atoms. The maximum atomic E-state index is 2.84. The van der Waals surface area contributed by atoms with Crippen molar-refractivity contribution in [1.29, 1.82) is 0 Å². The molecule has 196 valence electrons. The number of fused-ring (bicyclic) bond motifs is 12. The molecule has 5 aromatic carbocycles. The van der Waals surface area contributed by atoms with Crippen LogP contribution in [0, 0.1) is 0 Å². The molecule has 4 aliphatic rings. The highest BCUT2D eigenvalue weighted by atomic mass is 15.3. The molecule has 1 aliphatic carbocycles. The number of rotatable bonds is 1. The molecule has 0 spiro atoms. The molecule has 10 rings (SSSR count). The van der Waals surface area contributed by atoms with Crippen molar-refractivity contribution in [2.45, 2.75) is 50.5 Å². The largest absolute Gasteiger partial charge is 0.335 e. The maximum Gasteiger partial charge on any atom is 0.248 e. The minimum atomic E-state index is 0.0501. The van der Waals surface area contributed by atoms with E-state index in [2.05, 4.69) is 126 Å². The van der Waals surface area contributed by atoms with Crippen LogP contribution in [0.5, 0.6) is 0 Å². The number of para-hydroxylation sites is 2. The molecule has 3 aliphatic heterocycles. The summed E-state index contributed by atoms with van der Waals surface area (Å²) in [5.74, 6) is 0. The molecule has 2 nitrogen and oxygen atoms in total. The van der Waals surface area contributed by atoms with Gasteiger partial charge >= 0.3 is 0 Å². The predicted molar refractivity (Wildman–Crippen MR) is 174 cm³/mol. The predicted octanol–water partition coefficient (Wildman–Crippen LogP) is 7.34. The van der Waals surface area contributed by atoms with E-state index in [1.807, 2.05) is 0 Å². The Bertz CT molecular complexity index is 2110. The second-order valence-electron chi connectivity index (χ2n) is 13.2. The van der Waals surface area contributed by atoms with Crippen molar-refractivity contribution < 1.29 is 0 Å². The van der Waals surface area contributed by atoms with Crippen LogP contribution in [0.4, 0.5) is 11.4 Å². The average molecular weight is 526 g/mol. The smallest absolute Gasteiger partial charge is 0.248 e. The molecule has 1 saturated carbocycles. The monoisotopic (exact) mass is 526 g/mol. The van der Waals surface area contributed by atoms with Crippen molar-refractivity contribution in [2.75, 3.05) is 4.90 Å². The summed E-state index contributed by atoms with van der Waals surface area (Å²) in [5.41, 5.74) is 15.8. The Morgan fingerprint density at radius 1 is 0.659 bits per heavy atom.